The van der Waals surface area contributed by atoms with Gasteiger partial charge in [0.2, 0.25) is 0 Å². The lowest BCUT2D eigenvalue weighted by atomic mass is 10.4. The highest BCUT2D eigenvalue weighted by atomic mass is 127. The summed E-state index contributed by atoms with van der Waals surface area (Å²) < 4.78 is 26.4. The lowest BCUT2D eigenvalue weighted by molar-refractivity contribution is 0.594. The van der Waals surface area contributed by atoms with E-state index >= 15 is 0 Å². The summed E-state index contributed by atoms with van der Waals surface area (Å²) in [5.41, 5.74) is 0.765. The Hall–Kier alpha value is -2.21. The number of guanidine groups is 1. The van der Waals surface area contributed by atoms with Gasteiger partial charge in [0.25, 0.3) is 0 Å². The molecule has 3 rings (SSSR count). The third kappa shape index (κ3) is 5.39. The van der Waals surface area contributed by atoms with Crippen LogP contribution in [0.1, 0.15) is 5.82 Å². The minimum Gasteiger partial charge on any atom is -0.355 e. The largest absolute Gasteiger partial charge is 0.355 e. The van der Waals surface area contributed by atoms with E-state index in [1.807, 2.05) is 28.8 Å². The van der Waals surface area contributed by atoms with E-state index in [1.54, 1.807) is 37.4 Å². The Labute approximate surface area is 175 Å². The number of aromatic nitrogens is 3. The second-order valence-electron chi connectivity index (χ2n) is 5.53. The molecule has 27 heavy (non-hydrogen) atoms. The molecule has 2 N–H and O–H groups in total. The van der Waals surface area contributed by atoms with Gasteiger partial charge in [-0.2, -0.15) is 0 Å². The van der Waals surface area contributed by atoms with Gasteiger partial charge in [-0.1, -0.05) is 24.3 Å². The zero-order valence-corrected chi connectivity index (χ0v) is 17.9. The number of nitrogens with one attached hydrogen (secondary N) is 2. The van der Waals surface area contributed by atoms with Gasteiger partial charge in [0.05, 0.1) is 17.2 Å². The van der Waals surface area contributed by atoms with Crippen molar-refractivity contribution in [3.8, 4) is 0 Å². The highest BCUT2D eigenvalue weighted by Crippen LogP contribution is 2.09. The number of hydrogen-bond donors (Lipinski definition) is 2. The van der Waals surface area contributed by atoms with Crippen LogP contribution in [-0.2, 0) is 16.4 Å². The van der Waals surface area contributed by atoms with Gasteiger partial charge < -0.3 is 10.6 Å². The summed E-state index contributed by atoms with van der Waals surface area (Å²) in [6.45, 7) is 0.660. The summed E-state index contributed by atoms with van der Waals surface area (Å²) in [4.78, 5) is 4.42. The van der Waals surface area contributed by atoms with E-state index in [1.165, 1.54) is 0 Å². The van der Waals surface area contributed by atoms with E-state index in [2.05, 4.69) is 25.8 Å². The number of nitrogens with zero attached hydrogens (tertiary/aromatic N) is 4. The first kappa shape index (κ1) is 21.1. The molecule has 2 aromatic heterocycles. The van der Waals surface area contributed by atoms with Crippen molar-refractivity contribution in [1.29, 1.82) is 0 Å². The molecule has 0 aliphatic rings. The summed E-state index contributed by atoms with van der Waals surface area (Å²) in [6, 6.07) is 14.1. The fourth-order valence-corrected chi connectivity index (χ4v) is 3.62. The molecule has 0 fully saturated rings. The number of sulfone groups is 1. The van der Waals surface area contributed by atoms with Crippen LogP contribution in [0, 0.1) is 0 Å². The fraction of sp³-hybridized carbons (Fsp3) is 0.235. The fourth-order valence-electron chi connectivity index (χ4n) is 2.44. The minimum atomic E-state index is -3.32. The highest BCUT2D eigenvalue weighted by molar-refractivity contribution is 14.0. The molecule has 8 nitrogen and oxygen atoms in total. The van der Waals surface area contributed by atoms with Gasteiger partial charge in [-0.3, -0.25) is 9.39 Å². The summed E-state index contributed by atoms with van der Waals surface area (Å²) in [7, 11) is -1.69. The predicted octanol–water partition coefficient (Wildman–Crippen LogP) is 1.49. The molecule has 2 heterocycles. The Kier molecular flexibility index (Phi) is 7.54. The van der Waals surface area contributed by atoms with Crippen molar-refractivity contribution in [2.24, 2.45) is 4.99 Å². The van der Waals surface area contributed by atoms with Gasteiger partial charge in [0, 0.05) is 19.8 Å². The van der Waals surface area contributed by atoms with Crippen LogP contribution in [0.15, 0.2) is 64.6 Å². The molecule has 0 saturated carbocycles. The first-order valence-corrected chi connectivity index (χ1v) is 9.76. The van der Waals surface area contributed by atoms with Gasteiger partial charge in [0.15, 0.2) is 27.3 Å². The van der Waals surface area contributed by atoms with Gasteiger partial charge in [-0.25, -0.2) is 8.42 Å². The van der Waals surface area contributed by atoms with Crippen molar-refractivity contribution < 1.29 is 8.42 Å². The van der Waals surface area contributed by atoms with Crippen molar-refractivity contribution in [2.45, 2.75) is 11.4 Å². The van der Waals surface area contributed by atoms with Gasteiger partial charge in [-0.05, 0) is 24.3 Å². The van der Waals surface area contributed by atoms with Crippen molar-refractivity contribution in [2.75, 3.05) is 19.3 Å². The van der Waals surface area contributed by atoms with E-state index in [4.69, 9.17) is 0 Å². The lowest BCUT2D eigenvalue weighted by Crippen LogP contribution is -2.39. The standard InChI is InChI=1S/C17H20N6O2S.HI/c1-18-17(19-10-12-26(24,25)14-7-3-2-4-8-14)20-13-16-22-21-15-9-5-6-11-23(15)16;/h2-9,11H,10,12-13H2,1H3,(H2,18,19,20);1H. The van der Waals surface area contributed by atoms with Crippen LogP contribution in [0.3, 0.4) is 0 Å². The maximum absolute atomic E-state index is 12.3. The van der Waals surface area contributed by atoms with Crippen molar-refractivity contribution >= 4 is 45.4 Å². The van der Waals surface area contributed by atoms with Crippen molar-refractivity contribution in [1.82, 2.24) is 25.2 Å². The Bertz CT molecular complexity index is 1000. The van der Waals surface area contributed by atoms with Crippen LogP contribution in [0.25, 0.3) is 5.65 Å². The Balaban J connectivity index is 0.00000261. The molecule has 3 aromatic rings. The van der Waals surface area contributed by atoms with Crippen LogP contribution in [0.2, 0.25) is 0 Å². The minimum absolute atomic E-state index is 0. The monoisotopic (exact) mass is 500 g/mol. The first-order valence-electron chi connectivity index (χ1n) is 8.11. The van der Waals surface area contributed by atoms with E-state index in [-0.39, 0.29) is 36.3 Å². The van der Waals surface area contributed by atoms with Gasteiger partial charge >= 0.3 is 0 Å². The number of aliphatic imine (C=N–C) groups is 1. The lowest BCUT2D eigenvalue weighted by Gasteiger charge is -2.11. The Morgan fingerprint density at radius 2 is 1.81 bits per heavy atom. The number of pyridine rings is 1. The smallest absolute Gasteiger partial charge is 0.191 e. The number of fused-ring (bicyclic) bond motifs is 1. The zero-order valence-electron chi connectivity index (χ0n) is 14.7. The maximum atomic E-state index is 12.3. The summed E-state index contributed by atoms with van der Waals surface area (Å²) in [5.74, 6) is 1.22. The average Bonchev–Trinajstić information content (AvgIpc) is 3.08. The second-order valence-corrected chi connectivity index (χ2v) is 7.64. The quantitative estimate of drug-likeness (QED) is 0.302. The molecule has 0 unspecified atom stereocenters. The predicted molar refractivity (Wildman–Crippen MR) is 115 cm³/mol. The van der Waals surface area contributed by atoms with Gasteiger partial charge in [0.1, 0.15) is 0 Å². The SMILES string of the molecule is CN=C(NCCS(=O)(=O)c1ccccc1)NCc1nnc2ccccn12.I. The number of rotatable bonds is 6. The molecule has 0 amide bonds. The molecule has 0 saturated heterocycles. The molecule has 10 heteroatoms. The zero-order chi connectivity index (χ0) is 18.4. The molecular formula is C17H21IN6O2S. The van der Waals surface area contributed by atoms with E-state index in [0.29, 0.717) is 17.4 Å². The molecular weight excluding hydrogens is 479 g/mol. The topological polar surface area (TPSA) is 101 Å². The van der Waals surface area contributed by atoms with Gasteiger partial charge in [-0.15, -0.1) is 34.2 Å². The molecule has 0 atom stereocenters. The average molecular weight is 500 g/mol. The number of benzene rings is 1. The molecule has 0 radical (unpaired) electrons. The van der Waals surface area contributed by atoms with E-state index < -0.39 is 9.84 Å². The second kappa shape index (κ2) is 9.65. The Morgan fingerprint density at radius 1 is 1.07 bits per heavy atom. The van der Waals surface area contributed by atoms with Crippen LogP contribution in [-0.4, -0.2) is 48.3 Å². The van der Waals surface area contributed by atoms with Crippen LogP contribution in [0.4, 0.5) is 0 Å². The summed E-state index contributed by atoms with van der Waals surface area (Å²) in [6.07, 6.45) is 1.88. The van der Waals surface area contributed by atoms with Crippen molar-refractivity contribution in [3.05, 3.63) is 60.6 Å². The van der Waals surface area contributed by atoms with Crippen LogP contribution in [0.5, 0.6) is 0 Å². The van der Waals surface area contributed by atoms with Crippen molar-refractivity contribution in [3.63, 3.8) is 0 Å². The maximum Gasteiger partial charge on any atom is 0.191 e. The molecule has 1 aromatic carbocycles. The molecule has 0 spiro atoms. The molecule has 0 bridgehead atoms. The molecule has 0 aliphatic carbocycles. The third-order valence-electron chi connectivity index (χ3n) is 3.79. The number of hydrogen-bond acceptors (Lipinski definition) is 5. The summed E-state index contributed by atoms with van der Waals surface area (Å²) >= 11 is 0. The van der Waals surface area contributed by atoms with Crippen LogP contribution < -0.4 is 10.6 Å². The first-order chi connectivity index (χ1) is 12.6. The normalized spacial score (nSPS) is 11.8. The van der Waals surface area contributed by atoms with E-state index in [0.717, 1.165) is 11.5 Å². The molecule has 144 valence electrons. The van der Waals surface area contributed by atoms with Crippen LogP contribution >= 0.6 is 24.0 Å². The third-order valence-corrected chi connectivity index (χ3v) is 5.52. The highest BCUT2D eigenvalue weighted by Gasteiger charge is 2.13. The summed E-state index contributed by atoms with van der Waals surface area (Å²) in [5, 5.41) is 14.3. The Morgan fingerprint density at radius 3 is 2.56 bits per heavy atom. The number of halogens is 1. The molecule has 0 aliphatic heterocycles. The van der Waals surface area contributed by atoms with E-state index in [9.17, 15) is 8.42 Å².